The van der Waals surface area contributed by atoms with Crippen molar-refractivity contribution in [1.29, 1.82) is 0 Å². The van der Waals surface area contributed by atoms with Gasteiger partial charge in [0.25, 0.3) is 0 Å². The number of rotatable bonds is 3. The summed E-state index contributed by atoms with van der Waals surface area (Å²) < 4.78 is 0. The molecule has 4 heteroatoms. The average Bonchev–Trinajstić information content (AvgIpc) is 2.86. The van der Waals surface area contributed by atoms with E-state index in [-0.39, 0.29) is 11.6 Å². The minimum atomic E-state index is -0.176. The predicted molar refractivity (Wildman–Crippen MR) is 139 cm³/mol. The van der Waals surface area contributed by atoms with Crippen molar-refractivity contribution in [2.75, 3.05) is 19.6 Å². The molecule has 3 heterocycles. The van der Waals surface area contributed by atoms with E-state index in [0.29, 0.717) is 12.5 Å². The zero-order valence-corrected chi connectivity index (χ0v) is 21.7. The highest BCUT2D eigenvalue weighted by atomic mass is 16.2. The molecule has 0 aromatic heterocycles. The molecule has 1 spiro atoms. The normalized spacial score (nSPS) is 22.0. The summed E-state index contributed by atoms with van der Waals surface area (Å²) in [7, 11) is 0. The Labute approximate surface area is 205 Å². The van der Waals surface area contributed by atoms with Gasteiger partial charge >= 0.3 is 6.03 Å². The summed E-state index contributed by atoms with van der Waals surface area (Å²) in [6.07, 6.45) is 4.42. The number of piperidine rings is 1. The number of carbonyl (C=O) groups excluding carboxylic acids is 1. The van der Waals surface area contributed by atoms with Gasteiger partial charge in [-0.1, -0.05) is 60.0 Å². The van der Waals surface area contributed by atoms with Crippen LogP contribution in [-0.4, -0.2) is 45.9 Å². The van der Waals surface area contributed by atoms with Gasteiger partial charge in [0.1, 0.15) is 0 Å². The van der Waals surface area contributed by atoms with Gasteiger partial charge in [-0.05, 0) is 69.7 Å². The topological polar surface area (TPSA) is 26.8 Å². The van der Waals surface area contributed by atoms with E-state index < -0.39 is 0 Å². The number of allylic oxidation sites excluding steroid dienone is 1. The largest absolute Gasteiger partial charge is 0.325 e. The second kappa shape index (κ2) is 8.57. The van der Waals surface area contributed by atoms with Crippen LogP contribution in [0.25, 0.3) is 0 Å². The van der Waals surface area contributed by atoms with Crippen LogP contribution >= 0.6 is 0 Å². The van der Waals surface area contributed by atoms with Crippen LogP contribution in [0.3, 0.4) is 0 Å². The lowest BCUT2D eigenvalue weighted by atomic mass is 9.81. The van der Waals surface area contributed by atoms with Crippen molar-refractivity contribution in [3.05, 3.63) is 81.0 Å². The van der Waals surface area contributed by atoms with Crippen LogP contribution in [0.2, 0.25) is 0 Å². The highest BCUT2D eigenvalue weighted by Gasteiger charge is 2.54. The summed E-state index contributed by atoms with van der Waals surface area (Å²) in [5, 5.41) is 0. The summed E-state index contributed by atoms with van der Waals surface area (Å²) in [6.45, 7) is 17.7. The number of benzene rings is 2. The van der Waals surface area contributed by atoms with Gasteiger partial charge in [-0.15, -0.1) is 0 Å². The van der Waals surface area contributed by atoms with Gasteiger partial charge in [-0.3, -0.25) is 9.80 Å². The Kier molecular flexibility index (Phi) is 5.84. The predicted octanol–water partition coefficient (Wildman–Crippen LogP) is 6.21. The smallest absolute Gasteiger partial charge is 0.313 e. The van der Waals surface area contributed by atoms with Crippen molar-refractivity contribution < 1.29 is 4.79 Å². The molecule has 0 N–H and O–H groups in total. The summed E-state index contributed by atoms with van der Waals surface area (Å²) in [6, 6.07) is 11.6. The minimum absolute atomic E-state index is 0.176. The highest BCUT2D eigenvalue weighted by Crippen LogP contribution is 2.47. The zero-order valence-electron chi connectivity index (χ0n) is 21.7. The van der Waals surface area contributed by atoms with Crippen LogP contribution in [-0.2, 0) is 13.1 Å². The van der Waals surface area contributed by atoms with Crippen LogP contribution in [0.1, 0.15) is 71.6 Å². The molecule has 34 heavy (non-hydrogen) atoms. The second-order valence-electron chi connectivity index (χ2n) is 10.9. The summed E-state index contributed by atoms with van der Waals surface area (Å²) >= 11 is 0. The number of carbonyl (C=O) groups is 1. The first-order valence-corrected chi connectivity index (χ1v) is 12.9. The maximum atomic E-state index is 13.7. The maximum Gasteiger partial charge on any atom is 0.325 e. The van der Waals surface area contributed by atoms with E-state index in [9.17, 15) is 4.79 Å². The standard InChI is InChI=1S/C30H39N3O/c1-7-33-29(34)32-19-26-16-22(4)13-23(5)28(26)24(6)17-27(32)30(33)8-10-31(11-9-30)18-25-14-20(2)12-21(3)15-25/h12-17,24H,7-11,18-19H2,1-6H3/t24-/m0/s1. The number of fused-ring (bicyclic) bond motifs is 3. The Morgan fingerprint density at radius 1 is 0.941 bits per heavy atom. The highest BCUT2D eigenvalue weighted by molar-refractivity contribution is 5.83. The first kappa shape index (κ1) is 23.2. The molecule has 0 bridgehead atoms. The lowest BCUT2D eigenvalue weighted by Crippen LogP contribution is -2.53. The first-order chi connectivity index (χ1) is 16.2. The van der Waals surface area contributed by atoms with Gasteiger partial charge in [0, 0.05) is 37.8 Å². The van der Waals surface area contributed by atoms with E-state index in [1.54, 1.807) is 0 Å². The molecule has 2 saturated heterocycles. The van der Waals surface area contributed by atoms with Gasteiger partial charge in [0.05, 0.1) is 12.1 Å². The molecule has 3 aliphatic heterocycles. The summed E-state index contributed by atoms with van der Waals surface area (Å²) in [4.78, 5) is 20.6. The third-order valence-corrected chi connectivity index (χ3v) is 8.24. The summed E-state index contributed by atoms with van der Waals surface area (Å²) in [5.41, 5.74) is 10.5. The van der Waals surface area contributed by atoms with E-state index in [1.165, 1.54) is 44.6 Å². The molecule has 2 amide bonds. The van der Waals surface area contributed by atoms with Crippen molar-refractivity contribution in [1.82, 2.24) is 14.7 Å². The molecule has 3 aliphatic rings. The molecule has 0 radical (unpaired) electrons. The molecule has 2 aromatic carbocycles. The lowest BCUT2D eigenvalue weighted by Gasteiger charge is -2.44. The van der Waals surface area contributed by atoms with E-state index in [1.807, 2.05) is 0 Å². The fraction of sp³-hybridized carbons (Fsp3) is 0.500. The van der Waals surface area contributed by atoms with E-state index in [2.05, 4.69) is 92.7 Å². The molecule has 2 aromatic rings. The fourth-order valence-electron chi connectivity index (χ4n) is 7.02. The molecule has 1 atom stereocenters. The lowest BCUT2D eigenvalue weighted by molar-refractivity contribution is 0.0888. The van der Waals surface area contributed by atoms with Crippen molar-refractivity contribution in [3.8, 4) is 0 Å². The van der Waals surface area contributed by atoms with E-state index >= 15 is 0 Å². The molecule has 2 fully saturated rings. The number of likely N-dealkylation sites (tertiary alicyclic amines) is 1. The summed E-state index contributed by atoms with van der Waals surface area (Å²) in [5.74, 6) is 0.311. The van der Waals surface area contributed by atoms with Crippen LogP contribution in [0.15, 0.2) is 42.1 Å². The van der Waals surface area contributed by atoms with Crippen molar-refractivity contribution in [3.63, 3.8) is 0 Å². The number of hydrogen-bond acceptors (Lipinski definition) is 2. The maximum absolute atomic E-state index is 13.7. The first-order valence-electron chi connectivity index (χ1n) is 12.9. The third kappa shape index (κ3) is 3.76. The Balaban J connectivity index is 1.44. The Morgan fingerprint density at radius 3 is 2.24 bits per heavy atom. The molecule has 0 unspecified atom stereocenters. The van der Waals surface area contributed by atoms with Gasteiger partial charge < -0.3 is 4.90 Å². The number of aryl methyl sites for hydroxylation is 4. The van der Waals surface area contributed by atoms with Crippen molar-refractivity contribution in [2.45, 2.75) is 78.9 Å². The molecule has 0 saturated carbocycles. The number of amides is 2. The van der Waals surface area contributed by atoms with Gasteiger partial charge in [0.2, 0.25) is 0 Å². The van der Waals surface area contributed by atoms with Gasteiger partial charge in [-0.25, -0.2) is 4.79 Å². The van der Waals surface area contributed by atoms with Gasteiger partial charge in [-0.2, -0.15) is 0 Å². The number of hydrogen-bond donors (Lipinski definition) is 0. The Hall–Kier alpha value is -2.59. The van der Waals surface area contributed by atoms with Crippen LogP contribution in [0.4, 0.5) is 4.79 Å². The minimum Gasteiger partial charge on any atom is -0.313 e. The Morgan fingerprint density at radius 2 is 1.59 bits per heavy atom. The monoisotopic (exact) mass is 457 g/mol. The fourth-order valence-corrected chi connectivity index (χ4v) is 7.02. The molecule has 5 rings (SSSR count). The van der Waals surface area contributed by atoms with Gasteiger partial charge in [0.15, 0.2) is 0 Å². The number of nitrogens with zero attached hydrogens (tertiary/aromatic N) is 3. The van der Waals surface area contributed by atoms with E-state index in [4.69, 9.17) is 0 Å². The van der Waals surface area contributed by atoms with Crippen LogP contribution in [0, 0.1) is 27.7 Å². The Bertz CT molecular complexity index is 1140. The molecule has 4 nitrogen and oxygen atoms in total. The SMILES string of the molecule is CCN1C(=O)N2Cc3cc(C)cc(C)c3[C@@H](C)C=C2C12CCN(Cc1cc(C)cc(C)c1)CC2. The number of urea groups is 1. The molecule has 180 valence electrons. The van der Waals surface area contributed by atoms with Crippen LogP contribution < -0.4 is 0 Å². The van der Waals surface area contributed by atoms with Crippen molar-refractivity contribution >= 4 is 6.03 Å². The molecular formula is C30H39N3O. The second-order valence-corrected chi connectivity index (χ2v) is 10.9. The average molecular weight is 458 g/mol. The van der Waals surface area contributed by atoms with Crippen LogP contribution in [0.5, 0.6) is 0 Å². The van der Waals surface area contributed by atoms with E-state index in [0.717, 1.165) is 39.0 Å². The zero-order chi connectivity index (χ0) is 24.2. The number of likely N-dealkylation sites (N-methyl/N-ethyl adjacent to an activating group) is 1. The molecule has 0 aliphatic carbocycles. The quantitative estimate of drug-likeness (QED) is 0.547. The molecular weight excluding hydrogens is 418 g/mol. The third-order valence-electron chi connectivity index (χ3n) is 8.24. The van der Waals surface area contributed by atoms with Crippen molar-refractivity contribution in [2.24, 2.45) is 0 Å².